The lowest BCUT2D eigenvalue weighted by molar-refractivity contribution is -0.137. The Hall–Kier alpha value is -3.98. The summed E-state index contributed by atoms with van der Waals surface area (Å²) in [7, 11) is 0. The van der Waals surface area contributed by atoms with Crippen LogP contribution in [0.1, 0.15) is 59.6 Å². The summed E-state index contributed by atoms with van der Waals surface area (Å²) in [6, 6.07) is 19.4. The van der Waals surface area contributed by atoms with Gasteiger partial charge in [0.2, 0.25) is 0 Å². The molecule has 1 aliphatic heterocycles. The van der Waals surface area contributed by atoms with E-state index in [9.17, 15) is 22.8 Å². The molecular weight excluding hydrogens is 501 g/mol. The molecule has 188 valence electrons. The van der Waals surface area contributed by atoms with Gasteiger partial charge in [0, 0.05) is 23.3 Å². The second kappa shape index (κ2) is 9.82. The third kappa shape index (κ3) is 5.41. The van der Waals surface area contributed by atoms with Crippen molar-refractivity contribution in [1.29, 1.82) is 0 Å². The van der Waals surface area contributed by atoms with Crippen molar-refractivity contribution in [2.24, 2.45) is 0 Å². The molecule has 0 saturated carbocycles. The highest BCUT2D eigenvalue weighted by Crippen LogP contribution is 2.33. The number of nitrogens with one attached hydrogen (secondary N) is 1. The number of hydrogen-bond donors (Lipinski definition) is 1. The van der Waals surface area contributed by atoms with Crippen molar-refractivity contribution in [2.75, 3.05) is 5.32 Å². The molecule has 9 heteroatoms. The first-order valence-electron chi connectivity index (χ1n) is 11.5. The molecule has 2 heterocycles. The topological polar surface area (TPSA) is 68.3 Å². The quantitative estimate of drug-likeness (QED) is 0.294. The normalized spacial score (nSPS) is 15.1. The summed E-state index contributed by atoms with van der Waals surface area (Å²) in [5.41, 5.74) is 2.84. The number of nitrogens with zero attached hydrogens (tertiary/aromatic N) is 1. The molecule has 0 bridgehead atoms. The van der Waals surface area contributed by atoms with Gasteiger partial charge in [0.15, 0.2) is 5.13 Å². The summed E-state index contributed by atoms with van der Waals surface area (Å²) in [5, 5.41) is 3.12. The number of fused-ring (bicyclic) bond motifs is 1. The van der Waals surface area contributed by atoms with E-state index in [1.807, 2.05) is 30.3 Å². The van der Waals surface area contributed by atoms with Gasteiger partial charge in [0.05, 0.1) is 16.8 Å². The van der Waals surface area contributed by atoms with Crippen molar-refractivity contribution >= 4 is 28.3 Å². The minimum Gasteiger partial charge on any atom is -0.454 e. The zero-order chi connectivity index (χ0) is 26.2. The lowest BCUT2D eigenvalue weighted by Crippen LogP contribution is -2.23. The smallest absolute Gasteiger partial charge is 0.416 e. The molecule has 1 aromatic heterocycles. The molecule has 0 aliphatic carbocycles. The van der Waals surface area contributed by atoms with E-state index in [0.29, 0.717) is 33.9 Å². The number of alkyl halides is 3. The molecule has 0 spiro atoms. The van der Waals surface area contributed by atoms with E-state index >= 15 is 0 Å². The van der Waals surface area contributed by atoms with E-state index in [1.54, 1.807) is 31.2 Å². The van der Waals surface area contributed by atoms with Gasteiger partial charge < -0.3 is 4.74 Å². The van der Waals surface area contributed by atoms with Crippen LogP contribution in [0.15, 0.2) is 72.8 Å². The number of aryl methyl sites for hydroxylation is 1. The van der Waals surface area contributed by atoms with E-state index in [0.717, 1.165) is 28.1 Å². The fourth-order valence-electron chi connectivity index (χ4n) is 4.25. The largest absolute Gasteiger partial charge is 0.454 e. The second-order valence-corrected chi connectivity index (χ2v) is 9.82. The highest BCUT2D eigenvalue weighted by atomic mass is 32.1. The maximum Gasteiger partial charge on any atom is 0.416 e. The van der Waals surface area contributed by atoms with Crippen molar-refractivity contribution in [2.45, 2.75) is 32.0 Å². The number of carbonyl (C=O) groups is 2. The van der Waals surface area contributed by atoms with E-state index in [4.69, 9.17) is 4.74 Å². The molecule has 0 saturated heterocycles. The predicted octanol–water partition coefficient (Wildman–Crippen LogP) is 6.77. The molecule has 1 atom stereocenters. The van der Waals surface area contributed by atoms with Gasteiger partial charge in [0.25, 0.3) is 5.91 Å². The zero-order valence-electron chi connectivity index (χ0n) is 19.6. The molecule has 3 aromatic carbocycles. The summed E-state index contributed by atoms with van der Waals surface area (Å²) in [4.78, 5) is 30.6. The van der Waals surface area contributed by atoms with E-state index in [2.05, 4.69) is 10.3 Å². The number of aromatic nitrogens is 1. The minimum atomic E-state index is -4.41. The number of amides is 1. The Balaban J connectivity index is 1.31. The average Bonchev–Trinajstić information content (AvgIpc) is 3.21. The number of ether oxygens (including phenoxy) is 1. The summed E-state index contributed by atoms with van der Waals surface area (Å²) in [6.07, 6.45) is -4.13. The zero-order valence-corrected chi connectivity index (χ0v) is 20.5. The standard InChI is InChI=1S/C28H21F3N2O3S/c1-16-24(13-17-6-5-9-21(12-17)28(29,30)31)37-27(32-16)33-25(34)19-10-11-22-20(14-19)15-23(36-26(22)35)18-7-3-2-4-8-18/h2-12,14,23H,13,15H2,1H3,(H,32,33,34). The molecule has 37 heavy (non-hydrogen) atoms. The minimum absolute atomic E-state index is 0.269. The maximum atomic E-state index is 13.0. The average molecular weight is 523 g/mol. The number of carbonyl (C=O) groups excluding carboxylic acids is 2. The molecule has 5 nitrogen and oxygen atoms in total. The van der Waals surface area contributed by atoms with Crippen molar-refractivity contribution < 1.29 is 27.5 Å². The molecule has 1 amide bonds. The molecule has 1 unspecified atom stereocenters. The Morgan fingerprint density at radius 1 is 1.08 bits per heavy atom. The summed E-state index contributed by atoms with van der Waals surface area (Å²) >= 11 is 1.22. The van der Waals surface area contributed by atoms with Crippen molar-refractivity contribution in [3.8, 4) is 0 Å². The number of rotatable bonds is 5. The Bertz CT molecular complexity index is 1480. The van der Waals surface area contributed by atoms with Gasteiger partial charge >= 0.3 is 12.1 Å². The first-order chi connectivity index (χ1) is 17.7. The van der Waals surface area contributed by atoms with Gasteiger partial charge in [-0.05, 0) is 47.9 Å². The molecule has 1 N–H and O–H groups in total. The lowest BCUT2D eigenvalue weighted by atomic mass is 9.93. The van der Waals surface area contributed by atoms with Crippen LogP contribution in [-0.2, 0) is 23.8 Å². The summed E-state index contributed by atoms with van der Waals surface area (Å²) in [5.74, 6) is -0.825. The Morgan fingerprint density at radius 2 is 1.86 bits per heavy atom. The van der Waals surface area contributed by atoms with Gasteiger partial charge in [-0.1, -0.05) is 48.5 Å². The predicted molar refractivity (Wildman–Crippen MR) is 134 cm³/mol. The van der Waals surface area contributed by atoms with Crippen LogP contribution in [0.25, 0.3) is 0 Å². The number of anilines is 1. The van der Waals surface area contributed by atoms with Crippen molar-refractivity contribution in [3.63, 3.8) is 0 Å². The number of esters is 1. The molecule has 0 radical (unpaired) electrons. The van der Waals surface area contributed by atoms with E-state index in [1.165, 1.54) is 17.4 Å². The molecule has 4 aromatic rings. The first-order valence-corrected chi connectivity index (χ1v) is 12.3. The van der Waals surface area contributed by atoms with Crippen LogP contribution in [0.3, 0.4) is 0 Å². The summed E-state index contributed by atoms with van der Waals surface area (Å²) < 4.78 is 44.7. The summed E-state index contributed by atoms with van der Waals surface area (Å²) in [6.45, 7) is 1.75. The van der Waals surface area contributed by atoms with Gasteiger partial charge in [-0.15, -0.1) is 11.3 Å². The number of thiazole rings is 1. The third-order valence-electron chi connectivity index (χ3n) is 6.15. The fourth-order valence-corrected chi connectivity index (χ4v) is 5.24. The first kappa shape index (κ1) is 24.7. The second-order valence-electron chi connectivity index (χ2n) is 8.74. The number of benzene rings is 3. The van der Waals surface area contributed by atoms with Crippen LogP contribution in [0.5, 0.6) is 0 Å². The third-order valence-corrected chi connectivity index (χ3v) is 7.22. The Morgan fingerprint density at radius 3 is 2.62 bits per heavy atom. The highest BCUT2D eigenvalue weighted by Gasteiger charge is 2.31. The number of halogens is 3. The van der Waals surface area contributed by atoms with Gasteiger partial charge in [-0.25, -0.2) is 9.78 Å². The highest BCUT2D eigenvalue weighted by molar-refractivity contribution is 7.15. The monoisotopic (exact) mass is 522 g/mol. The Kier molecular flexibility index (Phi) is 6.55. The maximum absolute atomic E-state index is 13.0. The van der Waals surface area contributed by atoms with Crippen molar-refractivity contribution in [3.05, 3.63) is 117 Å². The van der Waals surface area contributed by atoms with Crippen LogP contribution in [-0.4, -0.2) is 16.9 Å². The molecule has 5 rings (SSSR count). The van der Waals surface area contributed by atoms with Crippen LogP contribution in [0, 0.1) is 6.92 Å². The van der Waals surface area contributed by atoms with Crippen LogP contribution < -0.4 is 5.32 Å². The van der Waals surface area contributed by atoms with Gasteiger partial charge in [-0.2, -0.15) is 13.2 Å². The number of hydrogen-bond acceptors (Lipinski definition) is 5. The van der Waals surface area contributed by atoms with Crippen LogP contribution in [0.4, 0.5) is 18.3 Å². The van der Waals surface area contributed by atoms with Crippen LogP contribution >= 0.6 is 11.3 Å². The fraction of sp³-hybridized carbons (Fsp3) is 0.179. The lowest BCUT2D eigenvalue weighted by Gasteiger charge is -2.25. The van der Waals surface area contributed by atoms with Gasteiger partial charge in [0.1, 0.15) is 6.10 Å². The molecule has 0 fully saturated rings. The van der Waals surface area contributed by atoms with Crippen LogP contribution in [0.2, 0.25) is 0 Å². The Labute approximate surface area is 214 Å². The van der Waals surface area contributed by atoms with E-state index in [-0.39, 0.29) is 6.42 Å². The molecular formula is C28H21F3N2O3S. The SMILES string of the molecule is Cc1nc(NC(=O)c2ccc3c(c2)CC(c2ccccc2)OC3=O)sc1Cc1cccc(C(F)(F)F)c1. The van der Waals surface area contributed by atoms with E-state index < -0.39 is 29.7 Å². The number of cyclic esters (lactones) is 1. The molecule has 1 aliphatic rings. The van der Waals surface area contributed by atoms with Crippen molar-refractivity contribution in [1.82, 2.24) is 4.98 Å². The van der Waals surface area contributed by atoms with Gasteiger partial charge in [-0.3, -0.25) is 10.1 Å².